The number of amides is 13. The molecule has 2 aromatic rings. The minimum absolute atomic E-state index is 0.00854. The Balaban J connectivity index is 1.15. The molecule has 2 aliphatic heterocycles. The summed E-state index contributed by atoms with van der Waals surface area (Å²) in [6.45, 7) is 13.7. The van der Waals surface area contributed by atoms with Gasteiger partial charge in [-0.15, -0.1) is 0 Å². The van der Waals surface area contributed by atoms with Gasteiger partial charge in [-0.05, 0) is 48.6 Å². The first-order chi connectivity index (χ1) is 53.0. The molecule has 11 atom stereocenters. The lowest BCUT2D eigenvalue weighted by Gasteiger charge is -2.41. The Labute approximate surface area is 667 Å². The molecule has 0 aromatic heterocycles. The predicted octanol–water partition coefficient (Wildman–Crippen LogP) is 0.963. The van der Waals surface area contributed by atoms with Crippen molar-refractivity contribution in [3.63, 3.8) is 0 Å². The van der Waals surface area contributed by atoms with Crippen LogP contribution in [0.25, 0.3) is 0 Å². The summed E-state index contributed by atoms with van der Waals surface area (Å²) in [4.78, 5) is 178. The zero-order valence-electron chi connectivity index (χ0n) is 65.9. The molecular weight excluding hydrogens is 1580 g/mol. The van der Waals surface area contributed by atoms with E-state index in [0.29, 0.717) is 48.1 Å². The molecule has 0 saturated carbocycles. The SMILES string of the molecule is CC[C@H](C)[C@@H]([C@@H](CC(=O)N1CCC[C@H]1[C@H](OC)[C@@H](C)C(=O)N[C@H](C)[C@@H](O)c1ccccc1)OC)N(C)C(=O)[C@@H](NC(=O)[C@H](C(C)C)N(C)C(=O)COCNC(=O)CNC(=O)[C@H](Cc1ccccc1)NC(=O)CNC(=O)CNC(=O)CCOCCOCCOCCOCCNC(=O)CN1C(=O)C(CBr)=C(CBr)C1=O)C(C)C. The summed E-state index contributed by atoms with van der Waals surface area (Å²) in [5, 5.41) is 32.2. The number of methoxy groups -OCH3 is 2. The van der Waals surface area contributed by atoms with Crippen molar-refractivity contribution >= 4 is 109 Å². The predicted molar refractivity (Wildman–Crippen MR) is 416 cm³/mol. The van der Waals surface area contributed by atoms with Crippen molar-refractivity contribution in [3.8, 4) is 0 Å². The third-order valence-corrected chi connectivity index (χ3v) is 20.3. The van der Waals surface area contributed by atoms with E-state index < -0.39 is 177 Å². The van der Waals surface area contributed by atoms with Gasteiger partial charge in [0.15, 0.2) is 0 Å². The Morgan fingerprint density at radius 3 is 1.73 bits per heavy atom. The van der Waals surface area contributed by atoms with Crippen molar-refractivity contribution in [1.29, 1.82) is 0 Å². The van der Waals surface area contributed by atoms with E-state index in [1.54, 1.807) is 96.0 Å². The Morgan fingerprint density at radius 2 is 1.16 bits per heavy atom. The number of rotatable bonds is 53. The quantitative estimate of drug-likeness (QED) is 0.0193. The number of aliphatic hydroxyl groups excluding tert-OH is 1. The molecule has 33 nitrogen and oxygen atoms in total. The molecule has 0 unspecified atom stereocenters. The van der Waals surface area contributed by atoms with Gasteiger partial charge in [-0.3, -0.25) is 67.2 Å². The maximum atomic E-state index is 14.8. The lowest BCUT2D eigenvalue weighted by molar-refractivity contribution is -0.149. The van der Waals surface area contributed by atoms with Gasteiger partial charge >= 0.3 is 0 Å². The van der Waals surface area contributed by atoms with Gasteiger partial charge in [0, 0.05) is 76.1 Å². The molecule has 1 fully saturated rings. The molecule has 0 bridgehead atoms. The summed E-state index contributed by atoms with van der Waals surface area (Å²) >= 11 is 6.41. The average Bonchev–Trinajstić information content (AvgIpc) is 1.61. The molecule has 0 radical (unpaired) electrons. The highest BCUT2D eigenvalue weighted by atomic mass is 79.9. The third-order valence-electron chi connectivity index (χ3n) is 19.1. The fraction of sp³-hybridized carbons (Fsp3) is 0.645. The van der Waals surface area contributed by atoms with E-state index in [4.69, 9.17) is 33.2 Å². The van der Waals surface area contributed by atoms with E-state index in [1.165, 1.54) is 31.1 Å². The number of likely N-dealkylation sites (N-methyl/N-ethyl adjacent to an activating group) is 2. The van der Waals surface area contributed by atoms with Crippen LogP contribution in [0, 0.1) is 23.7 Å². The minimum Gasteiger partial charge on any atom is -0.386 e. The van der Waals surface area contributed by atoms with Crippen molar-refractivity contribution in [2.45, 2.75) is 148 Å². The number of halogens is 2. The largest absolute Gasteiger partial charge is 0.386 e. The Hall–Kier alpha value is -7.87. The van der Waals surface area contributed by atoms with Gasteiger partial charge in [0.05, 0.1) is 121 Å². The monoisotopic (exact) mass is 1690 g/mol. The highest BCUT2D eigenvalue weighted by Crippen LogP contribution is 2.31. The normalized spacial score (nSPS) is 16.3. The number of ether oxygens (including phenoxy) is 7. The average molecular weight is 1690 g/mol. The van der Waals surface area contributed by atoms with Gasteiger partial charge in [-0.2, -0.15) is 0 Å². The summed E-state index contributed by atoms with van der Waals surface area (Å²) in [6.07, 6.45) is -0.737. The van der Waals surface area contributed by atoms with Crippen LogP contribution in [0.5, 0.6) is 0 Å². The fourth-order valence-corrected chi connectivity index (χ4v) is 13.9. The van der Waals surface area contributed by atoms with E-state index in [-0.39, 0.29) is 107 Å². The van der Waals surface area contributed by atoms with Crippen LogP contribution in [-0.2, 0) is 102 Å². The van der Waals surface area contributed by atoms with Crippen molar-refractivity contribution < 1.29 is 101 Å². The van der Waals surface area contributed by atoms with Crippen LogP contribution in [0.1, 0.15) is 105 Å². The molecule has 2 aliphatic rings. The van der Waals surface area contributed by atoms with Crippen LogP contribution >= 0.6 is 31.9 Å². The van der Waals surface area contributed by atoms with Crippen molar-refractivity contribution in [1.82, 2.24) is 62.1 Å². The molecule has 620 valence electrons. The summed E-state index contributed by atoms with van der Waals surface area (Å²) in [7, 11) is 6.03. The van der Waals surface area contributed by atoms with Crippen LogP contribution in [0.2, 0.25) is 0 Å². The molecule has 4 rings (SSSR count). The molecule has 1 saturated heterocycles. The number of hydrogen-bond donors (Lipinski definition) is 9. The van der Waals surface area contributed by atoms with Gasteiger partial charge in [0.2, 0.25) is 65.0 Å². The number of aliphatic hydroxyl groups is 1. The maximum Gasteiger partial charge on any atom is 0.258 e. The number of imide groups is 1. The number of alkyl halides is 2. The summed E-state index contributed by atoms with van der Waals surface area (Å²) < 4.78 is 39.3. The second-order valence-corrected chi connectivity index (χ2v) is 28.9. The fourth-order valence-electron chi connectivity index (χ4n) is 12.8. The first-order valence-electron chi connectivity index (χ1n) is 37.4. The van der Waals surface area contributed by atoms with Gasteiger partial charge in [0.1, 0.15) is 38.0 Å². The summed E-state index contributed by atoms with van der Waals surface area (Å²) in [6, 6.07) is 12.7. The van der Waals surface area contributed by atoms with E-state index in [0.717, 1.165) is 4.90 Å². The molecule has 2 aromatic carbocycles. The smallest absolute Gasteiger partial charge is 0.258 e. The molecule has 0 spiro atoms. The van der Waals surface area contributed by atoms with Crippen molar-refractivity contribution in [2.75, 3.05) is 144 Å². The molecule has 111 heavy (non-hydrogen) atoms. The van der Waals surface area contributed by atoms with Gasteiger partial charge in [-0.1, -0.05) is 147 Å². The molecule has 13 amide bonds. The molecule has 0 aliphatic carbocycles. The van der Waals surface area contributed by atoms with E-state index in [9.17, 15) is 67.4 Å². The van der Waals surface area contributed by atoms with Crippen LogP contribution in [0.15, 0.2) is 71.8 Å². The number of carbonyl (C=O) groups excluding carboxylic acids is 13. The molecule has 9 N–H and O–H groups in total. The zero-order chi connectivity index (χ0) is 82.3. The van der Waals surface area contributed by atoms with Crippen LogP contribution < -0.4 is 42.5 Å². The summed E-state index contributed by atoms with van der Waals surface area (Å²) in [5.74, 6) is -8.93. The molecular formula is C76H116Br2N12O21. The van der Waals surface area contributed by atoms with E-state index in [1.807, 2.05) is 32.0 Å². The van der Waals surface area contributed by atoms with E-state index in [2.05, 4.69) is 74.4 Å². The summed E-state index contributed by atoms with van der Waals surface area (Å²) in [5.41, 5.74) is 1.96. The van der Waals surface area contributed by atoms with Crippen LogP contribution in [0.3, 0.4) is 0 Å². The number of benzene rings is 2. The first-order valence-corrected chi connectivity index (χ1v) is 39.7. The maximum absolute atomic E-state index is 14.8. The minimum atomic E-state index is -1.20. The Bertz CT molecular complexity index is 3350. The Kier molecular flexibility index (Phi) is 43.9. The third kappa shape index (κ3) is 31.6. The second-order valence-electron chi connectivity index (χ2n) is 27.8. The lowest BCUT2D eigenvalue weighted by Crippen LogP contribution is -2.60. The topological polar surface area (TPSA) is 416 Å². The van der Waals surface area contributed by atoms with Crippen molar-refractivity contribution in [2.24, 2.45) is 23.7 Å². The standard InChI is InChI=1S/C76H116Br2N12O21/c1-13-49(6)68(58(105-11)38-64(96)89-28-20-25-57(89)70(106-12)50(7)71(99)84-51(8)69(98)53-23-18-15-19-24-53)88(10)76(104)66(47(2)3)86-73(101)67(48(4)5)87(9)65(97)45-111-46-83-61(93)42-82-72(100)56(37-52-21-16-14-17-22-52)85-62(94)43-81-60(92)41-80-59(91)26-29-107-31-33-109-35-36-110-34-32-108-30-27-79-63(95)44-90-74(102)54(39-77)55(40-78)75(90)103/h14-19,21-24,47-51,56-58,66-70,98H,13,20,25-46H2,1-12H3,(H,79,95)(H,80,91)(H,81,92)(H,82,100)(H,83,93)(H,84,99)(H,85,94)(H,86,101)/t49-,50+,51+,56-,57-,58+,66-,67-,68-,69+,70+/m0/s1. The van der Waals surface area contributed by atoms with Gasteiger partial charge in [-0.25, -0.2) is 0 Å². The number of nitrogens with zero attached hydrogens (tertiary/aromatic N) is 4. The van der Waals surface area contributed by atoms with Crippen molar-refractivity contribution in [3.05, 3.63) is 82.9 Å². The number of likely N-dealkylation sites (tertiary alicyclic amines) is 1. The van der Waals surface area contributed by atoms with Crippen LogP contribution in [0.4, 0.5) is 0 Å². The van der Waals surface area contributed by atoms with Crippen LogP contribution in [-0.4, -0.2) is 294 Å². The van der Waals surface area contributed by atoms with Gasteiger partial charge in [0.25, 0.3) is 11.8 Å². The highest BCUT2D eigenvalue weighted by molar-refractivity contribution is 9.09. The zero-order valence-corrected chi connectivity index (χ0v) is 69.1. The van der Waals surface area contributed by atoms with E-state index >= 15 is 0 Å². The number of hydrogen-bond acceptors (Lipinski definition) is 21. The molecule has 2 heterocycles. The second kappa shape index (κ2) is 51.0. The first kappa shape index (κ1) is 95.5. The highest BCUT2D eigenvalue weighted by Gasteiger charge is 2.45. The van der Waals surface area contributed by atoms with Gasteiger partial charge < -0.3 is 95.5 Å². The number of carbonyl (C=O) groups is 13. The Morgan fingerprint density at radius 1 is 0.604 bits per heavy atom. The lowest BCUT2D eigenvalue weighted by atomic mass is 9.89. The molecule has 35 heteroatoms. The number of nitrogens with one attached hydrogen (secondary N) is 8.